The second-order valence-corrected chi connectivity index (χ2v) is 5.98. The highest BCUT2D eigenvalue weighted by molar-refractivity contribution is 6.00. The molecule has 4 rings (SSSR count). The van der Waals surface area contributed by atoms with Gasteiger partial charge in [-0.05, 0) is 30.3 Å². The minimum atomic E-state index is -1.11. The smallest absolute Gasteiger partial charge is 0.371 e. The van der Waals surface area contributed by atoms with E-state index < -0.39 is 11.9 Å². The maximum absolute atomic E-state index is 11.9. The van der Waals surface area contributed by atoms with Crippen LogP contribution >= 0.6 is 0 Å². The van der Waals surface area contributed by atoms with E-state index in [0.29, 0.717) is 12.3 Å². The molecule has 0 aliphatic rings. The highest BCUT2D eigenvalue weighted by Crippen LogP contribution is 2.22. The Balaban J connectivity index is 1.58. The van der Waals surface area contributed by atoms with Crippen LogP contribution in [0.4, 0.5) is 0 Å². The first-order valence-corrected chi connectivity index (χ1v) is 8.38. The van der Waals surface area contributed by atoms with Gasteiger partial charge in [-0.15, -0.1) is 0 Å². The molecule has 28 heavy (non-hydrogen) atoms. The van der Waals surface area contributed by atoms with Crippen molar-refractivity contribution in [2.24, 2.45) is 5.10 Å². The van der Waals surface area contributed by atoms with E-state index in [1.807, 2.05) is 35.0 Å². The van der Waals surface area contributed by atoms with Crippen LogP contribution in [0.3, 0.4) is 0 Å². The number of hydrazone groups is 1. The third kappa shape index (κ3) is 3.43. The van der Waals surface area contributed by atoms with E-state index in [1.165, 1.54) is 12.3 Å². The van der Waals surface area contributed by atoms with E-state index in [0.717, 1.165) is 16.5 Å². The summed E-state index contributed by atoms with van der Waals surface area (Å²) in [5, 5.41) is 13.9. The minimum Gasteiger partial charge on any atom is -0.475 e. The average Bonchev–Trinajstić information content (AvgIpc) is 3.43. The molecule has 8 nitrogen and oxygen atoms in total. The van der Waals surface area contributed by atoms with Gasteiger partial charge < -0.3 is 18.5 Å². The van der Waals surface area contributed by atoms with Crippen LogP contribution in [0, 0.1) is 0 Å². The molecule has 0 aliphatic carbocycles. The van der Waals surface area contributed by atoms with E-state index in [9.17, 15) is 9.59 Å². The molecule has 0 saturated carbocycles. The molecule has 0 atom stereocenters. The second-order valence-electron chi connectivity index (χ2n) is 5.98. The summed E-state index contributed by atoms with van der Waals surface area (Å²) in [6.07, 6.45) is 4.82. The zero-order valence-corrected chi connectivity index (χ0v) is 14.5. The van der Waals surface area contributed by atoms with Crippen molar-refractivity contribution >= 4 is 29.0 Å². The molecular formula is C20H15N3O5. The second kappa shape index (κ2) is 7.28. The summed E-state index contributed by atoms with van der Waals surface area (Å²) < 4.78 is 12.3. The molecule has 0 unspecified atom stereocenters. The van der Waals surface area contributed by atoms with Gasteiger partial charge in [0.2, 0.25) is 5.76 Å². The number of fused-ring (bicyclic) bond motifs is 1. The minimum absolute atomic E-state index is 0.103. The first kappa shape index (κ1) is 17.3. The normalized spacial score (nSPS) is 11.3. The number of benzene rings is 1. The zero-order chi connectivity index (χ0) is 19.5. The Morgan fingerprint density at radius 1 is 1.11 bits per heavy atom. The van der Waals surface area contributed by atoms with Gasteiger partial charge >= 0.3 is 11.9 Å². The van der Waals surface area contributed by atoms with Crippen molar-refractivity contribution in [2.75, 3.05) is 0 Å². The average molecular weight is 377 g/mol. The Bertz CT molecular complexity index is 1170. The Kier molecular flexibility index (Phi) is 4.51. The SMILES string of the molecule is O=C(O)c1ccc(Cn2cc(/C=N/NC(=O)c3ccco3)c3ccccc32)o1. The number of hydrogen-bond donors (Lipinski definition) is 2. The summed E-state index contributed by atoms with van der Waals surface area (Å²) in [7, 11) is 0. The highest BCUT2D eigenvalue weighted by atomic mass is 16.4. The number of rotatable bonds is 6. The van der Waals surface area contributed by atoms with Crippen molar-refractivity contribution in [3.63, 3.8) is 0 Å². The molecule has 0 fully saturated rings. The van der Waals surface area contributed by atoms with E-state index in [-0.39, 0.29) is 11.5 Å². The Labute approximate surface area is 158 Å². The van der Waals surface area contributed by atoms with Crippen molar-refractivity contribution < 1.29 is 23.5 Å². The van der Waals surface area contributed by atoms with Crippen LogP contribution in [0.5, 0.6) is 0 Å². The molecule has 2 N–H and O–H groups in total. The van der Waals surface area contributed by atoms with Crippen molar-refractivity contribution in [1.82, 2.24) is 9.99 Å². The van der Waals surface area contributed by atoms with Crippen molar-refractivity contribution in [2.45, 2.75) is 6.54 Å². The summed E-state index contributed by atoms with van der Waals surface area (Å²) in [5.41, 5.74) is 4.13. The van der Waals surface area contributed by atoms with Gasteiger partial charge in [-0.25, -0.2) is 10.2 Å². The Morgan fingerprint density at radius 2 is 1.96 bits per heavy atom. The predicted molar refractivity (Wildman–Crippen MR) is 100 cm³/mol. The van der Waals surface area contributed by atoms with E-state index in [4.69, 9.17) is 13.9 Å². The fourth-order valence-corrected chi connectivity index (χ4v) is 2.88. The molecule has 3 aromatic heterocycles. The molecule has 140 valence electrons. The van der Waals surface area contributed by atoms with Crippen LogP contribution < -0.4 is 5.43 Å². The number of carbonyl (C=O) groups excluding carboxylic acids is 1. The lowest BCUT2D eigenvalue weighted by atomic mass is 10.2. The Morgan fingerprint density at radius 3 is 2.71 bits per heavy atom. The van der Waals surface area contributed by atoms with Crippen LogP contribution in [0.2, 0.25) is 0 Å². The summed E-state index contributed by atoms with van der Waals surface area (Å²) >= 11 is 0. The quantitative estimate of drug-likeness (QED) is 0.396. The summed E-state index contributed by atoms with van der Waals surface area (Å²) in [6, 6.07) is 13.9. The maximum atomic E-state index is 11.9. The molecular weight excluding hydrogens is 362 g/mol. The van der Waals surface area contributed by atoms with Gasteiger partial charge in [0.25, 0.3) is 0 Å². The molecule has 0 spiro atoms. The number of hydrogen-bond acceptors (Lipinski definition) is 5. The molecule has 1 amide bonds. The van der Waals surface area contributed by atoms with Crippen LogP contribution in [0.1, 0.15) is 32.4 Å². The summed E-state index contributed by atoms with van der Waals surface area (Å²) in [5.74, 6) is -0.959. The van der Waals surface area contributed by atoms with Gasteiger partial charge in [0, 0.05) is 22.7 Å². The number of furan rings is 2. The molecule has 0 radical (unpaired) electrons. The van der Waals surface area contributed by atoms with E-state index >= 15 is 0 Å². The predicted octanol–water partition coefficient (Wildman–Crippen LogP) is 3.34. The zero-order valence-electron chi connectivity index (χ0n) is 14.5. The number of carbonyl (C=O) groups is 2. The standard InChI is InChI=1S/C20H15N3O5/c24-19(17-6-3-9-27-17)22-21-10-13-11-23(16-5-2-1-4-15(13)16)12-14-7-8-18(28-14)20(25)26/h1-11H,12H2,(H,22,24)(H,25,26)/b21-10+. The third-order valence-electron chi connectivity index (χ3n) is 4.13. The van der Waals surface area contributed by atoms with Crippen LogP contribution in [0.15, 0.2) is 74.9 Å². The number of aromatic carboxylic acids is 1. The van der Waals surface area contributed by atoms with Crippen LogP contribution in [-0.2, 0) is 6.54 Å². The largest absolute Gasteiger partial charge is 0.475 e. The van der Waals surface area contributed by atoms with Gasteiger partial charge in [0.05, 0.1) is 19.0 Å². The number of amides is 1. The summed E-state index contributed by atoms with van der Waals surface area (Å²) in [6.45, 7) is 0.361. The monoisotopic (exact) mass is 377 g/mol. The number of carboxylic acids is 1. The van der Waals surface area contributed by atoms with Gasteiger partial charge in [-0.3, -0.25) is 4.79 Å². The van der Waals surface area contributed by atoms with Gasteiger partial charge in [0.15, 0.2) is 5.76 Å². The fourth-order valence-electron chi connectivity index (χ4n) is 2.88. The Hall–Kier alpha value is -4.07. The van der Waals surface area contributed by atoms with Crippen LogP contribution in [0.25, 0.3) is 10.9 Å². The van der Waals surface area contributed by atoms with Crippen molar-refractivity contribution in [3.8, 4) is 0 Å². The first-order valence-electron chi connectivity index (χ1n) is 8.38. The molecule has 0 saturated heterocycles. The molecule has 1 aromatic carbocycles. The fraction of sp³-hybridized carbons (Fsp3) is 0.0500. The molecule has 3 heterocycles. The van der Waals surface area contributed by atoms with Crippen molar-refractivity contribution in [1.29, 1.82) is 0 Å². The van der Waals surface area contributed by atoms with Crippen LogP contribution in [-0.4, -0.2) is 27.8 Å². The van der Waals surface area contributed by atoms with Crippen molar-refractivity contribution in [3.05, 3.63) is 83.8 Å². The lowest BCUT2D eigenvalue weighted by Crippen LogP contribution is -2.16. The summed E-state index contributed by atoms with van der Waals surface area (Å²) in [4.78, 5) is 22.9. The highest BCUT2D eigenvalue weighted by Gasteiger charge is 2.12. The number of carboxylic acid groups (broad SMARTS) is 1. The molecule has 8 heteroatoms. The lowest BCUT2D eigenvalue weighted by molar-refractivity contribution is 0.0660. The van der Waals surface area contributed by atoms with Gasteiger partial charge in [-0.1, -0.05) is 18.2 Å². The third-order valence-corrected chi connectivity index (χ3v) is 4.13. The number of nitrogens with one attached hydrogen (secondary N) is 1. The maximum Gasteiger partial charge on any atom is 0.371 e. The van der Waals surface area contributed by atoms with Gasteiger partial charge in [-0.2, -0.15) is 5.10 Å². The van der Waals surface area contributed by atoms with Gasteiger partial charge in [0.1, 0.15) is 5.76 Å². The topological polar surface area (TPSA) is 110 Å². The number of nitrogens with zero attached hydrogens (tertiary/aromatic N) is 2. The van der Waals surface area contributed by atoms with E-state index in [1.54, 1.807) is 24.4 Å². The molecule has 4 aromatic rings. The number of aromatic nitrogens is 1. The number of para-hydroxylation sites is 1. The lowest BCUT2D eigenvalue weighted by Gasteiger charge is -2.02. The first-order chi connectivity index (χ1) is 13.6. The van der Waals surface area contributed by atoms with E-state index in [2.05, 4.69) is 10.5 Å². The molecule has 0 bridgehead atoms. The molecule has 0 aliphatic heterocycles.